The standard InChI is InChI=1S/C18H18O6/c1-23-16-7-11(4-6-15(16)21)3-5-14(20)12-8-13(10-19)18(22)17(9-12)24-2/h3-9,19,21-22H,10H2,1-2H3/b5-3+. The summed E-state index contributed by atoms with van der Waals surface area (Å²) in [7, 11) is 2.80. The molecule has 2 rings (SSSR count). The molecule has 0 radical (unpaired) electrons. The maximum atomic E-state index is 12.3. The minimum atomic E-state index is -0.414. The second kappa shape index (κ2) is 7.52. The first-order valence-corrected chi connectivity index (χ1v) is 7.10. The first-order chi connectivity index (χ1) is 11.5. The van der Waals surface area contributed by atoms with Crippen molar-refractivity contribution in [3.05, 3.63) is 53.1 Å². The minimum Gasteiger partial charge on any atom is -0.504 e. The maximum absolute atomic E-state index is 12.3. The quantitative estimate of drug-likeness (QED) is 0.556. The summed E-state index contributed by atoms with van der Waals surface area (Å²) in [6, 6.07) is 7.50. The second-order valence-electron chi connectivity index (χ2n) is 4.97. The van der Waals surface area contributed by atoms with Crippen LogP contribution in [0.15, 0.2) is 36.4 Å². The van der Waals surface area contributed by atoms with E-state index in [1.165, 1.54) is 38.5 Å². The van der Waals surface area contributed by atoms with Crippen molar-refractivity contribution in [2.45, 2.75) is 6.61 Å². The normalized spacial score (nSPS) is 10.8. The monoisotopic (exact) mass is 330 g/mol. The highest BCUT2D eigenvalue weighted by Crippen LogP contribution is 2.32. The number of aliphatic hydroxyl groups is 1. The molecule has 24 heavy (non-hydrogen) atoms. The Morgan fingerprint density at radius 3 is 2.42 bits per heavy atom. The van der Waals surface area contributed by atoms with Gasteiger partial charge in [0, 0.05) is 11.1 Å². The Bertz CT molecular complexity index is 754. The molecule has 0 aliphatic carbocycles. The average molecular weight is 330 g/mol. The smallest absolute Gasteiger partial charge is 0.186 e. The van der Waals surface area contributed by atoms with Gasteiger partial charge in [0.05, 0.1) is 20.8 Å². The van der Waals surface area contributed by atoms with Crippen molar-refractivity contribution in [1.29, 1.82) is 0 Å². The summed E-state index contributed by atoms with van der Waals surface area (Å²) in [6.45, 7) is -0.414. The molecule has 0 aromatic heterocycles. The number of ketones is 1. The van der Waals surface area contributed by atoms with Crippen LogP contribution in [0, 0.1) is 0 Å². The molecule has 6 heteroatoms. The highest BCUT2D eigenvalue weighted by Gasteiger charge is 2.13. The molecule has 0 saturated heterocycles. The van der Waals surface area contributed by atoms with E-state index in [1.807, 2.05) is 0 Å². The van der Waals surface area contributed by atoms with Crippen LogP contribution in [0.25, 0.3) is 6.08 Å². The molecule has 126 valence electrons. The number of benzene rings is 2. The molecule has 0 aliphatic heterocycles. The van der Waals surface area contributed by atoms with Gasteiger partial charge in [-0.3, -0.25) is 4.79 Å². The van der Waals surface area contributed by atoms with E-state index < -0.39 is 6.61 Å². The van der Waals surface area contributed by atoms with E-state index in [0.717, 1.165) is 0 Å². The Balaban J connectivity index is 2.29. The number of ether oxygens (including phenoxy) is 2. The summed E-state index contributed by atoms with van der Waals surface area (Å²) in [5, 5.41) is 28.6. The third-order valence-corrected chi connectivity index (χ3v) is 3.46. The topological polar surface area (TPSA) is 96.2 Å². The molecule has 0 heterocycles. The van der Waals surface area contributed by atoms with E-state index in [9.17, 15) is 20.1 Å². The van der Waals surface area contributed by atoms with Gasteiger partial charge in [0.1, 0.15) is 0 Å². The summed E-state index contributed by atoms with van der Waals surface area (Å²) < 4.78 is 10.0. The van der Waals surface area contributed by atoms with Crippen LogP contribution in [-0.2, 0) is 6.61 Å². The van der Waals surface area contributed by atoms with Gasteiger partial charge in [-0.25, -0.2) is 0 Å². The summed E-state index contributed by atoms with van der Waals surface area (Å²) in [6.07, 6.45) is 2.92. The molecule has 0 saturated carbocycles. The van der Waals surface area contributed by atoms with E-state index >= 15 is 0 Å². The highest BCUT2D eigenvalue weighted by atomic mass is 16.5. The van der Waals surface area contributed by atoms with Gasteiger partial charge in [0.2, 0.25) is 0 Å². The molecule has 0 fully saturated rings. The second-order valence-corrected chi connectivity index (χ2v) is 4.97. The van der Waals surface area contributed by atoms with Crippen molar-refractivity contribution in [2.24, 2.45) is 0 Å². The number of phenolic OH excluding ortho intramolecular Hbond substituents is 1. The van der Waals surface area contributed by atoms with Crippen LogP contribution in [-0.4, -0.2) is 35.3 Å². The maximum Gasteiger partial charge on any atom is 0.186 e. The Labute approximate surface area is 139 Å². The van der Waals surface area contributed by atoms with E-state index in [1.54, 1.807) is 18.2 Å². The molecule has 0 amide bonds. The molecule has 0 aliphatic rings. The molecule has 6 nitrogen and oxygen atoms in total. The largest absolute Gasteiger partial charge is 0.504 e. The molecule has 0 bridgehead atoms. The molecular formula is C18H18O6. The van der Waals surface area contributed by atoms with Crippen LogP contribution < -0.4 is 9.47 Å². The Hall–Kier alpha value is -2.99. The van der Waals surface area contributed by atoms with Crippen LogP contribution in [0.1, 0.15) is 21.5 Å². The van der Waals surface area contributed by atoms with Crippen LogP contribution >= 0.6 is 0 Å². The predicted molar refractivity (Wildman–Crippen MR) is 88.6 cm³/mol. The number of aliphatic hydroxyl groups excluding tert-OH is 1. The molecule has 0 unspecified atom stereocenters. The van der Waals surface area contributed by atoms with Gasteiger partial charge in [-0.15, -0.1) is 0 Å². The zero-order valence-corrected chi connectivity index (χ0v) is 13.3. The number of aromatic hydroxyl groups is 2. The van der Waals surface area contributed by atoms with Crippen molar-refractivity contribution in [3.8, 4) is 23.0 Å². The Kier molecular flexibility index (Phi) is 5.44. The fourth-order valence-electron chi connectivity index (χ4n) is 2.15. The summed E-state index contributed by atoms with van der Waals surface area (Å²) in [5.41, 5.74) is 1.15. The Morgan fingerprint density at radius 2 is 1.79 bits per heavy atom. The lowest BCUT2D eigenvalue weighted by Gasteiger charge is -2.09. The van der Waals surface area contributed by atoms with Crippen molar-refractivity contribution in [3.63, 3.8) is 0 Å². The third-order valence-electron chi connectivity index (χ3n) is 3.46. The first kappa shape index (κ1) is 17.4. The van der Waals surface area contributed by atoms with Crippen LogP contribution in [0.4, 0.5) is 0 Å². The van der Waals surface area contributed by atoms with Gasteiger partial charge in [0.25, 0.3) is 0 Å². The van der Waals surface area contributed by atoms with Crippen molar-refractivity contribution in [1.82, 2.24) is 0 Å². The van der Waals surface area contributed by atoms with Gasteiger partial charge >= 0.3 is 0 Å². The fraction of sp³-hybridized carbons (Fsp3) is 0.167. The minimum absolute atomic E-state index is 0.0110. The summed E-state index contributed by atoms with van der Waals surface area (Å²) in [5.74, 6) is -0.0845. The molecule has 0 spiro atoms. The van der Waals surface area contributed by atoms with E-state index in [2.05, 4.69) is 0 Å². The zero-order valence-electron chi connectivity index (χ0n) is 13.3. The fourth-order valence-corrected chi connectivity index (χ4v) is 2.15. The molecule has 2 aromatic carbocycles. The van der Waals surface area contributed by atoms with Crippen molar-refractivity contribution < 1.29 is 29.6 Å². The number of hydrogen-bond donors (Lipinski definition) is 3. The van der Waals surface area contributed by atoms with Gasteiger partial charge in [-0.1, -0.05) is 12.1 Å². The van der Waals surface area contributed by atoms with E-state index in [-0.39, 0.29) is 34.2 Å². The third kappa shape index (κ3) is 3.67. The number of rotatable bonds is 6. The summed E-state index contributed by atoms with van der Waals surface area (Å²) in [4.78, 5) is 12.3. The highest BCUT2D eigenvalue weighted by molar-refractivity contribution is 6.07. The van der Waals surface area contributed by atoms with Crippen LogP contribution in [0.2, 0.25) is 0 Å². The van der Waals surface area contributed by atoms with E-state index in [4.69, 9.17) is 9.47 Å². The number of hydrogen-bond acceptors (Lipinski definition) is 6. The average Bonchev–Trinajstić information content (AvgIpc) is 2.60. The molecule has 0 atom stereocenters. The van der Waals surface area contributed by atoms with Gasteiger partial charge in [-0.2, -0.15) is 0 Å². The summed E-state index contributed by atoms with van der Waals surface area (Å²) >= 11 is 0. The van der Waals surface area contributed by atoms with Crippen molar-refractivity contribution in [2.75, 3.05) is 14.2 Å². The predicted octanol–water partition coefficient (Wildman–Crippen LogP) is 2.50. The number of methoxy groups -OCH3 is 2. The first-order valence-electron chi connectivity index (χ1n) is 7.10. The zero-order chi connectivity index (χ0) is 17.7. The molecule has 2 aromatic rings. The van der Waals surface area contributed by atoms with Crippen LogP contribution in [0.3, 0.4) is 0 Å². The molecule has 3 N–H and O–H groups in total. The lowest BCUT2D eigenvalue weighted by molar-refractivity contribution is 0.104. The number of allylic oxidation sites excluding steroid dienone is 1. The van der Waals surface area contributed by atoms with Crippen molar-refractivity contribution >= 4 is 11.9 Å². The lowest BCUT2D eigenvalue weighted by atomic mass is 10.0. The van der Waals surface area contributed by atoms with Gasteiger partial charge in [0.15, 0.2) is 28.8 Å². The van der Waals surface area contributed by atoms with E-state index in [0.29, 0.717) is 11.3 Å². The Morgan fingerprint density at radius 1 is 1.08 bits per heavy atom. The van der Waals surface area contributed by atoms with Crippen LogP contribution in [0.5, 0.6) is 23.0 Å². The number of carbonyl (C=O) groups is 1. The number of phenols is 2. The number of carbonyl (C=O) groups excluding carboxylic acids is 1. The lowest BCUT2D eigenvalue weighted by Crippen LogP contribution is -1.99. The molecular weight excluding hydrogens is 312 g/mol. The van der Waals surface area contributed by atoms with Gasteiger partial charge < -0.3 is 24.8 Å². The van der Waals surface area contributed by atoms with Gasteiger partial charge in [-0.05, 0) is 35.9 Å². The SMILES string of the molecule is COc1cc(/C=C/C(=O)c2cc(CO)c(O)c(OC)c2)ccc1O.